The predicted molar refractivity (Wildman–Crippen MR) is 79.1 cm³/mol. The summed E-state index contributed by atoms with van der Waals surface area (Å²) in [5, 5.41) is 10.4. The van der Waals surface area contributed by atoms with Gasteiger partial charge in [0.25, 0.3) is 0 Å². The van der Waals surface area contributed by atoms with Crippen LogP contribution in [0.15, 0.2) is 30.3 Å². The minimum atomic E-state index is -0.0388. The molecule has 1 N–H and O–H groups in total. The Hall–Kier alpha value is -0.820. The first kappa shape index (κ1) is 13.2. The van der Waals surface area contributed by atoms with E-state index in [-0.39, 0.29) is 6.10 Å². The van der Waals surface area contributed by atoms with Gasteiger partial charge >= 0.3 is 0 Å². The molecule has 0 aliphatic heterocycles. The third kappa shape index (κ3) is 3.02. The first-order chi connectivity index (χ1) is 9.34. The number of rotatable bonds is 2. The molecule has 1 aromatic carbocycles. The monoisotopic (exact) mass is 258 g/mol. The van der Waals surface area contributed by atoms with Gasteiger partial charge in [-0.15, -0.1) is 0 Å². The number of aliphatic hydroxyl groups excluding tert-OH is 1. The number of hydrogen-bond acceptors (Lipinski definition) is 1. The Bertz CT molecular complexity index is 380. The normalized spacial score (nSPS) is 33.2. The van der Waals surface area contributed by atoms with E-state index in [1.807, 2.05) is 0 Å². The molecule has 2 aliphatic carbocycles. The van der Waals surface area contributed by atoms with Crippen LogP contribution in [0.5, 0.6) is 0 Å². The molecule has 104 valence electrons. The average molecular weight is 258 g/mol. The second kappa shape index (κ2) is 6.09. The quantitative estimate of drug-likeness (QED) is 0.827. The molecule has 2 fully saturated rings. The zero-order valence-corrected chi connectivity index (χ0v) is 11.8. The van der Waals surface area contributed by atoms with Gasteiger partial charge in [0.2, 0.25) is 0 Å². The minimum absolute atomic E-state index is 0.0388. The Morgan fingerprint density at radius 2 is 1.58 bits per heavy atom. The highest BCUT2D eigenvalue weighted by molar-refractivity contribution is 5.20. The number of aliphatic hydroxyl groups is 1. The Kier molecular flexibility index (Phi) is 4.22. The summed E-state index contributed by atoms with van der Waals surface area (Å²) in [5.74, 6) is 2.02. The van der Waals surface area contributed by atoms with Crippen molar-refractivity contribution in [2.75, 3.05) is 0 Å². The van der Waals surface area contributed by atoms with Gasteiger partial charge in [-0.2, -0.15) is 0 Å². The molecule has 3 atom stereocenters. The Morgan fingerprint density at radius 1 is 0.842 bits per heavy atom. The molecule has 0 radical (unpaired) electrons. The number of benzene rings is 1. The van der Waals surface area contributed by atoms with E-state index in [0.29, 0.717) is 11.8 Å². The highest BCUT2D eigenvalue weighted by Crippen LogP contribution is 2.43. The highest BCUT2D eigenvalue weighted by atomic mass is 16.3. The molecule has 0 amide bonds. The molecule has 3 unspecified atom stereocenters. The summed E-state index contributed by atoms with van der Waals surface area (Å²) in [7, 11) is 0. The van der Waals surface area contributed by atoms with E-state index in [1.165, 1.54) is 44.1 Å². The second-order valence-electron chi connectivity index (χ2n) is 6.55. The largest absolute Gasteiger partial charge is 0.393 e. The van der Waals surface area contributed by atoms with Gasteiger partial charge in [0, 0.05) is 0 Å². The summed E-state index contributed by atoms with van der Waals surface area (Å²) in [6.07, 6.45) is 10.2. The van der Waals surface area contributed by atoms with Gasteiger partial charge in [0.1, 0.15) is 0 Å². The van der Waals surface area contributed by atoms with Crippen molar-refractivity contribution in [3.05, 3.63) is 35.9 Å². The molecule has 0 bridgehead atoms. The van der Waals surface area contributed by atoms with Crippen molar-refractivity contribution in [2.45, 2.75) is 63.4 Å². The third-order valence-corrected chi connectivity index (χ3v) is 5.39. The zero-order valence-electron chi connectivity index (χ0n) is 11.8. The van der Waals surface area contributed by atoms with Gasteiger partial charge in [-0.3, -0.25) is 0 Å². The summed E-state index contributed by atoms with van der Waals surface area (Å²) >= 11 is 0. The molecule has 19 heavy (non-hydrogen) atoms. The van der Waals surface area contributed by atoms with Crippen molar-refractivity contribution < 1.29 is 5.11 Å². The Balaban J connectivity index is 1.70. The van der Waals surface area contributed by atoms with Gasteiger partial charge in [0.15, 0.2) is 0 Å². The van der Waals surface area contributed by atoms with E-state index in [2.05, 4.69) is 30.3 Å². The van der Waals surface area contributed by atoms with Crippen LogP contribution in [0.2, 0.25) is 0 Å². The molecule has 2 aliphatic rings. The Labute approximate surface area is 117 Å². The van der Waals surface area contributed by atoms with E-state index in [1.54, 1.807) is 0 Å². The van der Waals surface area contributed by atoms with Crippen LogP contribution in [0.3, 0.4) is 0 Å². The molecule has 0 spiro atoms. The van der Waals surface area contributed by atoms with Gasteiger partial charge < -0.3 is 5.11 Å². The van der Waals surface area contributed by atoms with Crippen LogP contribution in [0.1, 0.15) is 62.8 Å². The van der Waals surface area contributed by atoms with E-state index >= 15 is 0 Å². The summed E-state index contributed by atoms with van der Waals surface area (Å²) in [6, 6.07) is 10.9. The maximum Gasteiger partial charge on any atom is 0.0571 e. The molecule has 1 heteroatoms. The molecular formula is C18H26O. The maximum atomic E-state index is 10.4. The lowest BCUT2D eigenvalue weighted by Crippen LogP contribution is -2.34. The molecule has 1 nitrogen and oxygen atoms in total. The van der Waals surface area contributed by atoms with Gasteiger partial charge in [-0.05, 0) is 42.6 Å². The van der Waals surface area contributed by atoms with Crippen molar-refractivity contribution >= 4 is 0 Å². The second-order valence-corrected chi connectivity index (χ2v) is 6.55. The first-order valence-electron chi connectivity index (χ1n) is 8.07. The van der Waals surface area contributed by atoms with Crippen molar-refractivity contribution in [2.24, 2.45) is 11.8 Å². The van der Waals surface area contributed by atoms with Crippen LogP contribution in [0.25, 0.3) is 0 Å². The highest BCUT2D eigenvalue weighted by Gasteiger charge is 2.35. The predicted octanol–water partition coefficient (Wildman–Crippen LogP) is 4.51. The fraction of sp³-hybridized carbons (Fsp3) is 0.667. The molecule has 2 saturated carbocycles. The van der Waals surface area contributed by atoms with Crippen molar-refractivity contribution in [1.82, 2.24) is 0 Å². The average Bonchev–Trinajstić information content (AvgIpc) is 2.49. The van der Waals surface area contributed by atoms with Crippen LogP contribution >= 0.6 is 0 Å². The molecule has 0 heterocycles. The molecular weight excluding hydrogens is 232 g/mol. The summed E-state index contributed by atoms with van der Waals surface area (Å²) in [6.45, 7) is 0. The third-order valence-electron chi connectivity index (χ3n) is 5.39. The number of hydrogen-bond donors (Lipinski definition) is 1. The van der Waals surface area contributed by atoms with Crippen molar-refractivity contribution in [3.8, 4) is 0 Å². The fourth-order valence-electron chi connectivity index (χ4n) is 4.29. The van der Waals surface area contributed by atoms with E-state index in [4.69, 9.17) is 0 Å². The lowest BCUT2D eigenvalue weighted by Gasteiger charge is -2.40. The standard InChI is InChI=1S/C18H26O/c19-18-12-11-16(14-7-3-1-4-8-14)13-17(18)15-9-5-2-6-10-15/h1,3-4,7-8,15-19H,2,5-6,9-13H2. The maximum absolute atomic E-state index is 10.4. The smallest absolute Gasteiger partial charge is 0.0571 e. The fourth-order valence-corrected chi connectivity index (χ4v) is 4.29. The summed E-state index contributed by atoms with van der Waals surface area (Å²) in [5.41, 5.74) is 1.48. The minimum Gasteiger partial charge on any atom is -0.393 e. The van der Waals surface area contributed by atoms with Crippen molar-refractivity contribution in [1.29, 1.82) is 0 Å². The summed E-state index contributed by atoms with van der Waals surface area (Å²) < 4.78 is 0. The SMILES string of the molecule is OC1CCC(c2ccccc2)CC1C1CCCCC1. The van der Waals surface area contributed by atoms with Crippen LogP contribution in [0.4, 0.5) is 0 Å². The zero-order chi connectivity index (χ0) is 13.1. The van der Waals surface area contributed by atoms with Crippen molar-refractivity contribution in [3.63, 3.8) is 0 Å². The Morgan fingerprint density at radius 3 is 2.32 bits per heavy atom. The first-order valence-corrected chi connectivity index (χ1v) is 8.07. The van der Waals surface area contributed by atoms with Crippen LogP contribution < -0.4 is 0 Å². The lowest BCUT2D eigenvalue weighted by molar-refractivity contribution is 0.0186. The molecule has 0 aromatic heterocycles. The van der Waals surface area contributed by atoms with E-state index in [9.17, 15) is 5.11 Å². The lowest BCUT2D eigenvalue weighted by atomic mass is 9.68. The van der Waals surface area contributed by atoms with E-state index in [0.717, 1.165) is 18.8 Å². The molecule has 3 rings (SSSR count). The molecule has 1 aromatic rings. The van der Waals surface area contributed by atoms with Gasteiger partial charge in [-0.1, -0.05) is 62.4 Å². The van der Waals surface area contributed by atoms with Crippen LogP contribution in [-0.2, 0) is 0 Å². The van der Waals surface area contributed by atoms with E-state index < -0.39 is 0 Å². The van der Waals surface area contributed by atoms with Crippen LogP contribution in [0, 0.1) is 11.8 Å². The molecule has 0 saturated heterocycles. The van der Waals surface area contributed by atoms with Gasteiger partial charge in [-0.25, -0.2) is 0 Å². The van der Waals surface area contributed by atoms with Gasteiger partial charge in [0.05, 0.1) is 6.10 Å². The van der Waals surface area contributed by atoms with Crippen LogP contribution in [-0.4, -0.2) is 11.2 Å². The topological polar surface area (TPSA) is 20.2 Å². The summed E-state index contributed by atoms with van der Waals surface area (Å²) in [4.78, 5) is 0.